The molecule has 0 bridgehead atoms. The number of aromatic hydroxyl groups is 1. The molecule has 3 aromatic rings. The van der Waals surface area contributed by atoms with Gasteiger partial charge in [-0.15, -0.1) is 0 Å². The molecule has 0 aliphatic carbocycles. The molecule has 3 rings (SSSR count). The highest BCUT2D eigenvalue weighted by Crippen LogP contribution is 2.31. The third-order valence-corrected chi connectivity index (χ3v) is 2.94. The molecule has 0 unspecified atom stereocenters. The largest absolute Gasteiger partial charge is 0.503 e. The van der Waals surface area contributed by atoms with Crippen molar-refractivity contribution in [2.45, 2.75) is 0 Å². The highest BCUT2D eigenvalue weighted by Gasteiger charge is 2.22. The minimum atomic E-state index is -0.798. The minimum Gasteiger partial charge on any atom is -0.503 e. The Kier molecular flexibility index (Phi) is 1.89. The Morgan fingerprint density at radius 3 is 2.29 bits per heavy atom. The van der Waals surface area contributed by atoms with E-state index in [9.17, 15) is 14.7 Å². The van der Waals surface area contributed by atoms with Gasteiger partial charge in [0.25, 0.3) is 5.43 Å². The van der Waals surface area contributed by atoms with Crippen LogP contribution in [-0.4, -0.2) is 5.11 Å². The zero-order valence-electron chi connectivity index (χ0n) is 8.81. The van der Waals surface area contributed by atoms with Gasteiger partial charge in [0.15, 0.2) is 5.75 Å². The third kappa shape index (κ3) is 1.22. The van der Waals surface area contributed by atoms with E-state index in [1.807, 2.05) is 30.3 Å². The van der Waals surface area contributed by atoms with Crippen molar-refractivity contribution in [1.82, 2.24) is 0 Å². The molecule has 82 valence electrons. The van der Waals surface area contributed by atoms with Gasteiger partial charge in [-0.25, -0.2) is 0 Å². The van der Waals surface area contributed by atoms with Crippen LogP contribution in [-0.2, 0) is 0 Å². The van der Waals surface area contributed by atoms with Crippen LogP contribution in [0.2, 0.25) is 0 Å². The Labute approximate surface area is 96.3 Å². The first kappa shape index (κ1) is 9.78. The Bertz CT molecular complexity index is 787. The molecule has 0 radical (unpaired) electrons. The van der Waals surface area contributed by atoms with Crippen molar-refractivity contribution in [3.63, 3.8) is 0 Å². The predicted molar refractivity (Wildman–Crippen MR) is 66.0 cm³/mol. The maximum absolute atomic E-state index is 11.4. The number of fused-ring (bicyclic) bond motifs is 1. The van der Waals surface area contributed by atoms with Crippen LogP contribution in [0.15, 0.2) is 52.1 Å². The maximum Gasteiger partial charge on any atom is 0.268 e. The molecule has 0 fully saturated rings. The van der Waals surface area contributed by atoms with Gasteiger partial charge in [-0.1, -0.05) is 42.5 Å². The Morgan fingerprint density at radius 1 is 0.824 bits per heavy atom. The van der Waals surface area contributed by atoms with Crippen LogP contribution in [0.4, 0.5) is 0 Å². The summed E-state index contributed by atoms with van der Waals surface area (Å²) in [6, 6.07) is 13.0. The topological polar surface area (TPSA) is 54.4 Å². The van der Waals surface area contributed by atoms with Gasteiger partial charge in [0, 0.05) is 0 Å². The monoisotopic (exact) mass is 224 g/mol. The van der Waals surface area contributed by atoms with Gasteiger partial charge in [-0.2, -0.15) is 0 Å². The molecule has 0 atom stereocenters. The second-order valence-electron chi connectivity index (χ2n) is 3.91. The molecule has 0 amide bonds. The summed E-state index contributed by atoms with van der Waals surface area (Å²) in [6.45, 7) is 0. The molecule has 3 heteroatoms. The summed E-state index contributed by atoms with van der Waals surface area (Å²) in [6.07, 6.45) is 0. The zero-order valence-corrected chi connectivity index (χ0v) is 8.81. The molecule has 0 heterocycles. The first-order chi connectivity index (χ1) is 8.20. The molecule has 3 nitrogen and oxygen atoms in total. The van der Waals surface area contributed by atoms with Gasteiger partial charge in [-0.3, -0.25) is 9.59 Å². The van der Waals surface area contributed by atoms with Gasteiger partial charge in [0.1, 0.15) is 0 Å². The van der Waals surface area contributed by atoms with Gasteiger partial charge in [-0.05, 0) is 16.3 Å². The molecule has 1 N–H and O–H groups in total. The van der Waals surface area contributed by atoms with Crippen molar-refractivity contribution < 1.29 is 5.11 Å². The van der Waals surface area contributed by atoms with Crippen LogP contribution in [0.5, 0.6) is 5.75 Å². The molecule has 0 aromatic heterocycles. The Morgan fingerprint density at radius 2 is 1.53 bits per heavy atom. The lowest BCUT2D eigenvalue weighted by Crippen LogP contribution is -2.31. The van der Waals surface area contributed by atoms with Crippen LogP contribution in [0.1, 0.15) is 0 Å². The average Bonchev–Trinajstić information content (AvgIpc) is 2.39. The molecule has 0 aliphatic heterocycles. The number of benzene rings is 2. The highest BCUT2D eigenvalue weighted by molar-refractivity contribution is 5.98. The molecule has 3 aromatic carbocycles. The molecule has 0 saturated carbocycles. The number of rotatable bonds is 1. The van der Waals surface area contributed by atoms with Crippen LogP contribution < -0.4 is 10.9 Å². The SMILES string of the molecule is O=c1c(O)c(-c2cccc3ccccc23)c1=O. The molecular weight excluding hydrogens is 216 g/mol. The first-order valence-corrected chi connectivity index (χ1v) is 5.20. The summed E-state index contributed by atoms with van der Waals surface area (Å²) >= 11 is 0. The van der Waals surface area contributed by atoms with Gasteiger partial charge < -0.3 is 5.11 Å². The predicted octanol–water partition coefficient (Wildman–Crippen LogP) is 1.81. The van der Waals surface area contributed by atoms with E-state index < -0.39 is 16.6 Å². The van der Waals surface area contributed by atoms with Crippen molar-refractivity contribution in [2.75, 3.05) is 0 Å². The highest BCUT2D eigenvalue weighted by atomic mass is 16.3. The van der Waals surface area contributed by atoms with Crippen molar-refractivity contribution >= 4 is 10.8 Å². The van der Waals surface area contributed by atoms with E-state index in [-0.39, 0.29) is 5.56 Å². The first-order valence-electron chi connectivity index (χ1n) is 5.20. The second kappa shape index (κ2) is 3.28. The van der Waals surface area contributed by atoms with Crippen LogP contribution >= 0.6 is 0 Å². The smallest absolute Gasteiger partial charge is 0.268 e. The lowest BCUT2D eigenvalue weighted by atomic mass is 9.95. The van der Waals surface area contributed by atoms with Crippen molar-refractivity contribution in [1.29, 1.82) is 0 Å². The van der Waals surface area contributed by atoms with Gasteiger partial charge in [0.05, 0.1) is 5.56 Å². The average molecular weight is 224 g/mol. The molecule has 17 heavy (non-hydrogen) atoms. The molecular formula is C14H8O3. The van der Waals surface area contributed by atoms with E-state index in [2.05, 4.69) is 0 Å². The van der Waals surface area contributed by atoms with Crippen molar-refractivity contribution in [2.24, 2.45) is 0 Å². The molecule has 0 saturated heterocycles. The summed E-state index contributed by atoms with van der Waals surface area (Å²) in [5.41, 5.74) is -0.663. The normalized spacial score (nSPS) is 11.1. The summed E-state index contributed by atoms with van der Waals surface area (Å²) in [7, 11) is 0. The fraction of sp³-hybridized carbons (Fsp3) is 0. The van der Waals surface area contributed by atoms with E-state index in [0.717, 1.165) is 10.8 Å². The lowest BCUT2D eigenvalue weighted by molar-refractivity contribution is 0.465. The van der Waals surface area contributed by atoms with Crippen molar-refractivity contribution in [3.8, 4) is 16.9 Å². The Balaban J connectivity index is 2.40. The summed E-state index contributed by atoms with van der Waals surface area (Å²) < 4.78 is 0. The zero-order chi connectivity index (χ0) is 12.0. The molecule has 0 aliphatic rings. The van der Waals surface area contributed by atoms with Crippen LogP contribution in [0.3, 0.4) is 0 Å². The van der Waals surface area contributed by atoms with E-state index >= 15 is 0 Å². The van der Waals surface area contributed by atoms with E-state index in [1.54, 1.807) is 12.1 Å². The minimum absolute atomic E-state index is 0.131. The lowest BCUT2D eigenvalue weighted by Gasteiger charge is -2.08. The molecule has 0 spiro atoms. The van der Waals surface area contributed by atoms with E-state index in [4.69, 9.17) is 0 Å². The number of hydrogen-bond donors (Lipinski definition) is 1. The number of hydrogen-bond acceptors (Lipinski definition) is 3. The van der Waals surface area contributed by atoms with Crippen molar-refractivity contribution in [3.05, 3.63) is 62.9 Å². The standard InChI is InChI=1S/C14H8O3/c15-12-11(13(16)14(12)17)10-7-3-5-8-4-1-2-6-9(8)10/h1-7,15H. The summed E-state index contributed by atoms with van der Waals surface area (Å²) in [5.74, 6) is -0.425. The quantitative estimate of drug-likeness (QED) is 0.641. The Hall–Kier alpha value is -2.42. The third-order valence-electron chi connectivity index (χ3n) is 2.94. The summed E-state index contributed by atoms with van der Waals surface area (Å²) in [4.78, 5) is 22.5. The van der Waals surface area contributed by atoms with Gasteiger partial charge in [0.2, 0.25) is 5.43 Å². The fourth-order valence-electron chi connectivity index (χ4n) is 2.07. The summed E-state index contributed by atoms with van der Waals surface area (Å²) in [5, 5.41) is 11.3. The van der Waals surface area contributed by atoms with E-state index in [0.29, 0.717) is 5.56 Å². The second-order valence-corrected chi connectivity index (χ2v) is 3.91. The van der Waals surface area contributed by atoms with Crippen LogP contribution in [0.25, 0.3) is 21.9 Å². The van der Waals surface area contributed by atoms with E-state index in [1.165, 1.54) is 0 Å². The van der Waals surface area contributed by atoms with Gasteiger partial charge >= 0.3 is 0 Å². The maximum atomic E-state index is 11.4. The fourth-order valence-corrected chi connectivity index (χ4v) is 2.07. The van der Waals surface area contributed by atoms with Crippen LogP contribution in [0, 0.1) is 0 Å².